The number of halogens is 1. The molecule has 2 rings (SSSR count). The second kappa shape index (κ2) is 5.86. The second-order valence-corrected chi connectivity index (χ2v) is 4.45. The van der Waals surface area contributed by atoms with Gasteiger partial charge in [0.1, 0.15) is 5.78 Å². The van der Waals surface area contributed by atoms with E-state index in [1.54, 1.807) is 6.08 Å². The Balaban J connectivity index is 0.000000337. The first-order valence-electron chi connectivity index (χ1n) is 5.03. The van der Waals surface area contributed by atoms with Crippen molar-refractivity contribution in [3.05, 3.63) is 46.5 Å². The van der Waals surface area contributed by atoms with Gasteiger partial charge in [0.05, 0.1) is 0 Å². The number of Topliss-reactive ketones (excluding diaryl/α,β-unsaturated/α-hetero) is 1. The summed E-state index contributed by atoms with van der Waals surface area (Å²) in [6, 6.07) is 6.15. The Hall–Kier alpha value is -0.890. The molecular weight excluding hydrogens is 252 g/mol. The summed E-state index contributed by atoms with van der Waals surface area (Å²) >= 11 is 3.42. The van der Waals surface area contributed by atoms with Gasteiger partial charge < -0.3 is 0 Å². The lowest BCUT2D eigenvalue weighted by Gasteiger charge is -2.14. The predicted octanol–water partition coefficient (Wildman–Crippen LogP) is 3.70. The van der Waals surface area contributed by atoms with Gasteiger partial charge in [0.15, 0.2) is 0 Å². The molecule has 2 heteroatoms. The lowest BCUT2D eigenvalue weighted by atomic mass is 9.91. The summed E-state index contributed by atoms with van der Waals surface area (Å²) in [6.07, 6.45) is 4.00. The SMILES string of the molecule is C=CC.O=C1CCc2cc(Br)ccc2C1. The number of benzene rings is 1. The highest BCUT2D eigenvalue weighted by molar-refractivity contribution is 9.10. The monoisotopic (exact) mass is 266 g/mol. The maximum absolute atomic E-state index is 11.1. The lowest BCUT2D eigenvalue weighted by molar-refractivity contribution is -0.118. The van der Waals surface area contributed by atoms with Crippen molar-refractivity contribution < 1.29 is 4.79 Å². The van der Waals surface area contributed by atoms with Crippen LogP contribution >= 0.6 is 15.9 Å². The zero-order valence-corrected chi connectivity index (χ0v) is 10.5. The molecule has 0 bridgehead atoms. The molecule has 0 spiro atoms. The summed E-state index contributed by atoms with van der Waals surface area (Å²) in [4.78, 5) is 11.1. The number of hydrogen-bond donors (Lipinski definition) is 0. The minimum Gasteiger partial charge on any atom is -0.299 e. The Morgan fingerprint density at radius 1 is 1.33 bits per heavy atom. The van der Waals surface area contributed by atoms with Crippen LogP contribution in [0.3, 0.4) is 0 Å². The van der Waals surface area contributed by atoms with Gasteiger partial charge in [0.25, 0.3) is 0 Å². The fourth-order valence-electron chi connectivity index (χ4n) is 1.57. The summed E-state index contributed by atoms with van der Waals surface area (Å²) in [7, 11) is 0. The molecule has 0 atom stereocenters. The first kappa shape index (κ1) is 12.2. The van der Waals surface area contributed by atoms with Crippen LogP contribution in [0.25, 0.3) is 0 Å². The number of allylic oxidation sites excluding steroid dienone is 1. The van der Waals surface area contributed by atoms with E-state index >= 15 is 0 Å². The van der Waals surface area contributed by atoms with Crippen molar-refractivity contribution >= 4 is 21.7 Å². The van der Waals surface area contributed by atoms with Gasteiger partial charge in [0, 0.05) is 17.3 Å². The van der Waals surface area contributed by atoms with E-state index in [4.69, 9.17) is 0 Å². The fourth-order valence-corrected chi connectivity index (χ4v) is 1.98. The van der Waals surface area contributed by atoms with E-state index in [1.807, 2.05) is 19.1 Å². The fraction of sp³-hybridized carbons (Fsp3) is 0.308. The molecule has 0 saturated carbocycles. The van der Waals surface area contributed by atoms with Gasteiger partial charge in [-0.2, -0.15) is 0 Å². The van der Waals surface area contributed by atoms with Gasteiger partial charge in [-0.3, -0.25) is 4.79 Å². The van der Waals surface area contributed by atoms with Crippen molar-refractivity contribution in [2.45, 2.75) is 26.2 Å². The average Bonchev–Trinajstić information content (AvgIpc) is 2.20. The molecule has 1 aromatic rings. The Labute approximate surface area is 99.3 Å². The van der Waals surface area contributed by atoms with Crippen LogP contribution in [-0.4, -0.2) is 5.78 Å². The molecule has 1 aromatic carbocycles. The molecule has 0 radical (unpaired) electrons. The Bertz CT molecular complexity index is 369. The molecule has 1 aliphatic rings. The molecule has 0 aliphatic heterocycles. The highest BCUT2D eigenvalue weighted by Gasteiger charge is 2.14. The summed E-state index contributed by atoms with van der Waals surface area (Å²) in [6.45, 7) is 5.25. The van der Waals surface area contributed by atoms with Crippen molar-refractivity contribution in [2.24, 2.45) is 0 Å². The van der Waals surface area contributed by atoms with Crippen LogP contribution in [0, 0.1) is 0 Å². The van der Waals surface area contributed by atoms with E-state index < -0.39 is 0 Å². The van der Waals surface area contributed by atoms with Crippen LogP contribution in [0.2, 0.25) is 0 Å². The van der Waals surface area contributed by atoms with Gasteiger partial charge >= 0.3 is 0 Å². The van der Waals surface area contributed by atoms with Crippen LogP contribution in [0.4, 0.5) is 0 Å². The Morgan fingerprint density at radius 3 is 2.67 bits per heavy atom. The highest BCUT2D eigenvalue weighted by Crippen LogP contribution is 2.22. The molecular formula is C13H15BrO. The topological polar surface area (TPSA) is 17.1 Å². The third-order valence-electron chi connectivity index (χ3n) is 2.23. The number of rotatable bonds is 0. The molecule has 0 saturated heterocycles. The maximum atomic E-state index is 11.1. The van der Waals surface area contributed by atoms with Crippen molar-refractivity contribution in [1.29, 1.82) is 0 Å². The number of fused-ring (bicyclic) bond motifs is 1. The summed E-state index contributed by atoms with van der Waals surface area (Å²) in [5, 5.41) is 0. The summed E-state index contributed by atoms with van der Waals surface area (Å²) < 4.78 is 1.11. The van der Waals surface area contributed by atoms with Crippen LogP contribution in [-0.2, 0) is 17.6 Å². The molecule has 0 fully saturated rings. The van der Waals surface area contributed by atoms with Crippen molar-refractivity contribution in [3.63, 3.8) is 0 Å². The van der Waals surface area contributed by atoms with E-state index in [-0.39, 0.29) is 0 Å². The third kappa shape index (κ3) is 3.63. The van der Waals surface area contributed by atoms with Crippen LogP contribution < -0.4 is 0 Å². The van der Waals surface area contributed by atoms with Crippen molar-refractivity contribution in [3.8, 4) is 0 Å². The van der Waals surface area contributed by atoms with Gasteiger partial charge in [-0.15, -0.1) is 6.58 Å². The molecule has 0 N–H and O–H groups in total. The first-order chi connectivity index (χ1) is 7.17. The number of carbonyl (C=O) groups is 1. The zero-order valence-electron chi connectivity index (χ0n) is 8.92. The minimum atomic E-state index is 0.366. The van der Waals surface area contributed by atoms with Gasteiger partial charge in [-0.1, -0.05) is 28.1 Å². The van der Waals surface area contributed by atoms with Gasteiger partial charge in [-0.05, 0) is 36.6 Å². The number of hydrogen-bond acceptors (Lipinski definition) is 1. The second-order valence-electron chi connectivity index (χ2n) is 3.54. The van der Waals surface area contributed by atoms with E-state index in [0.29, 0.717) is 18.6 Å². The molecule has 80 valence electrons. The largest absolute Gasteiger partial charge is 0.299 e. The standard InChI is InChI=1S/C10H9BrO.C3H6/c11-9-3-1-8-6-10(12)4-2-7(8)5-9;1-3-2/h1,3,5H,2,4,6H2;3H,1H2,2H3. The highest BCUT2D eigenvalue weighted by atomic mass is 79.9. The van der Waals surface area contributed by atoms with E-state index in [0.717, 1.165) is 10.9 Å². The summed E-state index contributed by atoms with van der Waals surface area (Å²) in [5.41, 5.74) is 2.53. The van der Waals surface area contributed by atoms with E-state index in [2.05, 4.69) is 28.6 Å². The first-order valence-corrected chi connectivity index (χ1v) is 5.82. The number of carbonyl (C=O) groups excluding carboxylic acids is 1. The lowest BCUT2D eigenvalue weighted by Crippen LogP contribution is -2.12. The Morgan fingerprint density at radius 2 is 2.00 bits per heavy atom. The minimum absolute atomic E-state index is 0.366. The predicted molar refractivity (Wildman–Crippen MR) is 67.0 cm³/mol. The molecule has 1 aliphatic carbocycles. The van der Waals surface area contributed by atoms with Crippen LogP contribution in [0.1, 0.15) is 24.5 Å². The number of ketones is 1. The zero-order chi connectivity index (χ0) is 11.3. The maximum Gasteiger partial charge on any atom is 0.137 e. The molecule has 0 aromatic heterocycles. The molecule has 0 heterocycles. The molecule has 0 unspecified atom stereocenters. The normalized spacial score (nSPS) is 13.6. The smallest absolute Gasteiger partial charge is 0.137 e. The molecule has 1 nitrogen and oxygen atoms in total. The van der Waals surface area contributed by atoms with Crippen LogP contribution in [0.5, 0.6) is 0 Å². The van der Waals surface area contributed by atoms with E-state index in [1.165, 1.54) is 11.1 Å². The Kier molecular flexibility index (Phi) is 4.76. The van der Waals surface area contributed by atoms with Crippen LogP contribution in [0.15, 0.2) is 35.3 Å². The third-order valence-corrected chi connectivity index (χ3v) is 2.72. The van der Waals surface area contributed by atoms with Gasteiger partial charge in [-0.25, -0.2) is 0 Å². The quantitative estimate of drug-likeness (QED) is 0.655. The van der Waals surface area contributed by atoms with E-state index in [9.17, 15) is 4.79 Å². The molecule has 15 heavy (non-hydrogen) atoms. The summed E-state index contributed by atoms with van der Waals surface area (Å²) in [5.74, 6) is 0.366. The van der Waals surface area contributed by atoms with Gasteiger partial charge in [0.2, 0.25) is 0 Å². The van der Waals surface area contributed by atoms with Crippen molar-refractivity contribution in [1.82, 2.24) is 0 Å². The molecule has 0 amide bonds. The number of aryl methyl sites for hydroxylation is 1. The van der Waals surface area contributed by atoms with Crippen molar-refractivity contribution in [2.75, 3.05) is 0 Å². The average molecular weight is 267 g/mol.